The second kappa shape index (κ2) is 31.0. The summed E-state index contributed by atoms with van der Waals surface area (Å²) >= 11 is 0. The maximum absolute atomic E-state index is 6.73. The van der Waals surface area contributed by atoms with Crippen molar-refractivity contribution in [2.45, 2.75) is 0 Å². The van der Waals surface area contributed by atoms with Crippen molar-refractivity contribution < 1.29 is 26.5 Å². The van der Waals surface area contributed by atoms with Crippen molar-refractivity contribution in [3.05, 3.63) is 425 Å². The van der Waals surface area contributed by atoms with Crippen LogP contribution in [0, 0.1) is 0 Å². The van der Waals surface area contributed by atoms with Gasteiger partial charge in [-0.1, -0.05) is 249 Å². The molecule has 642 valence electrons. The zero-order chi connectivity index (χ0) is 89.9. The van der Waals surface area contributed by atoms with Gasteiger partial charge in [-0.15, -0.1) is 0 Å². The Morgan fingerprint density at radius 2 is 0.650 bits per heavy atom. The number of rotatable bonds is 16. The monoisotopic (exact) mass is 1760 g/mol. The van der Waals surface area contributed by atoms with Crippen molar-refractivity contribution in [2.75, 3.05) is 26.6 Å². The largest absolute Gasteiger partial charge is 0.440 e. The summed E-state index contributed by atoms with van der Waals surface area (Å²) in [6.45, 7) is 0.724. The van der Waals surface area contributed by atoms with Crippen LogP contribution in [0.25, 0.3) is 227 Å². The highest BCUT2D eigenvalue weighted by molar-refractivity contribution is 6.17. The molecule has 137 heavy (non-hydrogen) atoms. The van der Waals surface area contributed by atoms with Crippen molar-refractivity contribution in [1.29, 1.82) is 0 Å². The third-order valence-electron chi connectivity index (χ3n) is 27.2. The summed E-state index contributed by atoms with van der Waals surface area (Å²) in [5, 5.41) is 18.7. The highest BCUT2D eigenvalue weighted by Crippen LogP contribution is 2.51. The number of aromatic nitrogens is 5. The molecule has 1 aliphatic rings. The second-order valence-corrected chi connectivity index (χ2v) is 35.0. The topological polar surface area (TPSA) is 165 Å². The van der Waals surface area contributed by atoms with E-state index in [2.05, 4.69) is 365 Å². The van der Waals surface area contributed by atoms with Gasteiger partial charge in [-0.2, -0.15) is 0 Å². The van der Waals surface area contributed by atoms with E-state index in [-0.39, 0.29) is 0 Å². The summed E-state index contributed by atoms with van der Waals surface area (Å²) in [6, 6.07) is 135. The predicted molar refractivity (Wildman–Crippen MR) is 556 cm³/mol. The third kappa shape index (κ3) is 12.9. The number of benzene rings is 16. The molecule has 27 aromatic rings. The van der Waals surface area contributed by atoms with E-state index in [0.717, 1.165) is 240 Å². The molecule has 0 fully saturated rings. The molecule has 0 amide bonds. The van der Waals surface area contributed by atoms with Gasteiger partial charge in [0.2, 0.25) is 34.5 Å². The average molecular weight is 1760 g/mol. The van der Waals surface area contributed by atoms with E-state index in [4.69, 9.17) is 46.4 Å². The molecule has 28 rings (SSSR count). The minimum Gasteiger partial charge on any atom is -0.440 e. The number of nitrogens with zero attached hydrogens (tertiary/aromatic N) is 8. The van der Waals surface area contributed by atoms with Crippen LogP contribution in [0.5, 0.6) is 0 Å². The van der Waals surface area contributed by atoms with Gasteiger partial charge in [-0.25, -0.2) is 24.9 Å². The Morgan fingerprint density at radius 1 is 0.219 bits per heavy atom. The molecule has 0 radical (unpaired) electrons. The molecule has 12 heterocycles. The number of anilines is 10. The Hall–Kier alpha value is -18.7. The summed E-state index contributed by atoms with van der Waals surface area (Å²) < 4.78 is 38.6. The number of fused-ring (bicyclic) bond motifs is 21. The first-order chi connectivity index (χ1) is 67.8. The Bertz CT molecular complexity index is 9660. The zero-order valence-electron chi connectivity index (χ0n) is 73.1. The molecule has 0 spiro atoms. The molecular weight excluding hydrogens is 1690 g/mol. The molecule has 0 bridgehead atoms. The number of hydrogen-bond acceptors (Lipinski definition) is 15. The fraction of sp³-hybridized carbons (Fsp3) is 0.00820. The van der Waals surface area contributed by atoms with E-state index in [1.165, 1.54) is 21.5 Å². The van der Waals surface area contributed by atoms with Crippen molar-refractivity contribution in [3.63, 3.8) is 0 Å². The fourth-order valence-electron chi connectivity index (χ4n) is 20.6. The summed E-state index contributed by atoms with van der Waals surface area (Å²) in [5.41, 5.74) is 31.7. The normalized spacial score (nSPS) is 12.2. The van der Waals surface area contributed by atoms with Crippen LogP contribution in [0.3, 0.4) is 0 Å². The maximum Gasteiger partial charge on any atom is 0.227 e. The van der Waals surface area contributed by atoms with Crippen LogP contribution in [0.2, 0.25) is 0 Å². The minimum absolute atomic E-state index is 0.531. The Labute approximate surface area is 781 Å². The van der Waals surface area contributed by atoms with Crippen molar-refractivity contribution in [2.24, 2.45) is 0 Å². The molecule has 16 aromatic carbocycles. The summed E-state index contributed by atoms with van der Waals surface area (Å²) in [4.78, 5) is 31.6. The lowest BCUT2D eigenvalue weighted by atomic mass is 9.93. The van der Waals surface area contributed by atoms with Gasteiger partial charge < -0.3 is 46.5 Å². The highest BCUT2D eigenvalue weighted by atomic mass is 16.4. The van der Waals surface area contributed by atoms with E-state index in [1.807, 2.05) is 79.4 Å². The number of nitrogens with one attached hydrogen (secondary N) is 1. The second-order valence-electron chi connectivity index (χ2n) is 35.0. The van der Waals surface area contributed by atoms with Crippen LogP contribution >= 0.6 is 0 Å². The van der Waals surface area contributed by atoms with Crippen molar-refractivity contribution >= 4 is 206 Å². The van der Waals surface area contributed by atoms with Gasteiger partial charge in [0, 0.05) is 84.3 Å². The summed E-state index contributed by atoms with van der Waals surface area (Å²) in [5.74, 6) is 0.787. The molecule has 0 unspecified atom stereocenters. The molecular formula is C122H73N9O6. The van der Waals surface area contributed by atoms with Gasteiger partial charge >= 0.3 is 0 Å². The lowest BCUT2D eigenvalue weighted by Gasteiger charge is -2.27. The van der Waals surface area contributed by atoms with Gasteiger partial charge in [0.1, 0.15) is 33.5 Å². The van der Waals surface area contributed by atoms with Crippen molar-refractivity contribution in [3.8, 4) is 77.9 Å². The van der Waals surface area contributed by atoms with Gasteiger partial charge in [-0.05, 0) is 239 Å². The molecule has 1 N–H and O–H groups in total. The van der Waals surface area contributed by atoms with Crippen LogP contribution in [0.15, 0.2) is 446 Å². The number of hydrogen-bond donors (Lipinski definition) is 1. The molecule has 15 heteroatoms. The molecule has 15 nitrogen and oxygen atoms in total. The Morgan fingerprint density at radius 3 is 1.32 bits per heavy atom. The van der Waals surface area contributed by atoms with E-state index in [9.17, 15) is 0 Å². The zero-order valence-corrected chi connectivity index (χ0v) is 73.1. The molecule has 0 atom stereocenters. The van der Waals surface area contributed by atoms with Gasteiger partial charge in [0.25, 0.3) is 0 Å². The molecule has 11 aromatic heterocycles. The average Bonchev–Trinajstić information content (AvgIpc) is 1.70. The smallest absolute Gasteiger partial charge is 0.227 e. The molecule has 0 aliphatic carbocycles. The van der Waals surface area contributed by atoms with Crippen LogP contribution < -0.4 is 20.0 Å². The van der Waals surface area contributed by atoms with Crippen LogP contribution in [-0.2, 0) is 0 Å². The standard InChI is InChI=1S/C122H73N9O6/c1-2-21-92-83(16-1)60-102(96-24-4-3-23-95(92)96)82-19-12-20-85(59-82)130(88-64-105-97-25-6-9-31-110(97)132-119(105)125-68-88)89-65-107-99-53-48-80(61-115(99)137-121(107)126-69-89)77-40-36-72(37-41-77)74-42-44-78(45-43-74)93-22-5-8-30-109(93)131(90-66-106-98-26-7-10-32-111(98)133-120(106)127-70-90)91-67-108-116-94(27-13-33-114(116)136-122(108)128-71-91)81-18-11-17-79(58-81)76-38-34-73(35-39-76)75-46-49-84(50-47-75)129(86-51-54-112-103(62-86)100-28-14-56-123-117(100)134-112)87-52-55-113-104(63-87)101-29-15-57-124-118(101)135-113/h1-56,58-71,124H,57H2. The third-order valence-corrected chi connectivity index (χ3v) is 27.2. The number of para-hydroxylation sites is 3. The van der Waals surface area contributed by atoms with Gasteiger partial charge in [0.15, 0.2) is 0 Å². The first-order valence-electron chi connectivity index (χ1n) is 45.8. The van der Waals surface area contributed by atoms with Crippen LogP contribution in [-0.4, -0.2) is 31.5 Å². The number of furan rings is 6. The van der Waals surface area contributed by atoms with E-state index < -0.39 is 0 Å². The first-order valence-corrected chi connectivity index (χ1v) is 45.8. The molecule has 0 saturated heterocycles. The van der Waals surface area contributed by atoms with Gasteiger partial charge in [-0.3, -0.25) is 0 Å². The lowest BCUT2D eigenvalue weighted by Crippen LogP contribution is -2.12. The Kier molecular flexibility index (Phi) is 17.4. The first kappa shape index (κ1) is 77.1. The minimum atomic E-state index is 0.531. The van der Waals surface area contributed by atoms with Crippen molar-refractivity contribution in [1.82, 2.24) is 24.9 Å². The van der Waals surface area contributed by atoms with E-state index in [1.54, 1.807) is 6.20 Å². The molecule has 1 aliphatic heterocycles. The summed E-state index contributed by atoms with van der Waals surface area (Å²) in [7, 11) is 0. The highest BCUT2D eigenvalue weighted by Gasteiger charge is 2.28. The Balaban J connectivity index is 0.473. The van der Waals surface area contributed by atoms with Crippen LogP contribution in [0.1, 0.15) is 5.56 Å². The van der Waals surface area contributed by atoms with E-state index in [0.29, 0.717) is 28.6 Å². The maximum atomic E-state index is 6.73. The van der Waals surface area contributed by atoms with E-state index >= 15 is 0 Å². The quantitative estimate of drug-likeness (QED) is 0.0908. The fourth-order valence-corrected chi connectivity index (χ4v) is 20.6. The lowest BCUT2D eigenvalue weighted by molar-refractivity contribution is 0.628. The molecule has 0 saturated carbocycles. The van der Waals surface area contributed by atoms with Gasteiger partial charge in [0.05, 0.1) is 74.8 Å². The number of pyridine rings is 5. The van der Waals surface area contributed by atoms with Crippen LogP contribution in [0.4, 0.5) is 57.1 Å². The summed E-state index contributed by atoms with van der Waals surface area (Å²) in [6.07, 6.45) is 13.6. The predicted octanol–water partition coefficient (Wildman–Crippen LogP) is 33.7. The SMILES string of the molecule is C1=Cc2c(oc3ccc(N(c4ccc(-c5ccc(-c6cccc(-c7cccc8oc9ncc(N(c%10cnc%11oc%12ccccc%12c%11c%10)c%10ccccc%10-c%10ccc(-c%11ccc(-c%12ccc%13c(c%12)oc%12ncc(N(c%14cccc(-c%15cc%16ccccc%16c%16ccccc%15%16)c%14)c%14cnc%15oc%16ccccc%16c%15c%14)cc%12%13)cc%11)cc%10)cc9c78)c6)cc5)cc4)c4ccc5oc6ncccc6c5c4)cc23)NC1.